The van der Waals surface area contributed by atoms with Crippen LogP contribution in [0.3, 0.4) is 0 Å². The van der Waals surface area contributed by atoms with Crippen molar-refractivity contribution in [3.8, 4) is 0 Å². The van der Waals surface area contributed by atoms with Gasteiger partial charge in [0, 0.05) is 58.3 Å². The van der Waals surface area contributed by atoms with E-state index in [1.165, 1.54) is 0 Å². The van der Waals surface area contributed by atoms with Crippen LogP contribution in [0.25, 0.3) is 0 Å². The fraction of sp³-hybridized carbons (Fsp3) is 0.375. The molecule has 3 rings (SSSR count). The van der Waals surface area contributed by atoms with E-state index in [9.17, 15) is 4.80 Å². The van der Waals surface area contributed by atoms with Crippen LogP contribution in [0.5, 0.6) is 0 Å². The molecule has 7 nitrogen and oxygen atoms in total. The average molecular weight is 506 g/mol. The molecule has 3 aromatic heterocycles. The minimum absolute atomic E-state index is 0. The third-order valence-electron chi connectivity index (χ3n) is 2.85. The van der Waals surface area contributed by atoms with E-state index in [2.05, 4.69) is 15.0 Å². The van der Waals surface area contributed by atoms with E-state index in [4.69, 9.17) is 0 Å². The van der Waals surface area contributed by atoms with Crippen LogP contribution in [0.4, 0.5) is 0 Å². The van der Waals surface area contributed by atoms with Gasteiger partial charge in [0.25, 0.3) is 0 Å². The van der Waals surface area contributed by atoms with Crippen molar-refractivity contribution in [2.45, 2.75) is 35.1 Å². The van der Waals surface area contributed by atoms with Crippen molar-refractivity contribution in [1.82, 2.24) is 28.7 Å². The summed E-state index contributed by atoms with van der Waals surface area (Å²) in [5.41, 5.74) is 0. The maximum absolute atomic E-state index is 10.2. The Labute approximate surface area is 193 Å². The smallest absolute Gasteiger partial charge is 0.859 e. The second-order valence-electron chi connectivity index (χ2n) is 6.63. The van der Waals surface area contributed by atoms with Gasteiger partial charge in [-0.3, -0.25) is 35.3 Å². The number of hydrogen-bond acceptors (Lipinski definition) is 7. The summed E-state index contributed by atoms with van der Waals surface area (Å²) in [7, 11) is 4.11. The maximum Gasteiger partial charge on any atom is 2.00 e. The summed E-state index contributed by atoms with van der Waals surface area (Å²) in [5.74, 6) is 0. The van der Waals surface area contributed by atoms with Gasteiger partial charge in [-0.05, 0) is 0 Å². The normalized spacial score (nSPS) is 11.1. The second-order valence-corrected chi connectivity index (χ2v) is 14.6. The molecule has 0 amide bonds. The van der Waals surface area contributed by atoms with Gasteiger partial charge in [-0.1, -0.05) is 28.0 Å². The molecule has 0 N–H and O–H groups in total. The van der Waals surface area contributed by atoms with Crippen LogP contribution in [0.1, 0.15) is 0 Å². The van der Waals surface area contributed by atoms with Crippen LogP contribution in [-0.2, 0) is 40.6 Å². The number of imidazole rings is 3. The van der Waals surface area contributed by atoms with Gasteiger partial charge in [-0.15, -0.1) is 3.91 Å². The van der Waals surface area contributed by atoms with Crippen molar-refractivity contribution in [2.75, 3.05) is 0 Å². The van der Waals surface area contributed by atoms with Crippen LogP contribution in [0.2, 0.25) is 19.6 Å². The molecule has 0 saturated carbocycles. The summed E-state index contributed by atoms with van der Waals surface area (Å²) in [5, 5.41) is 2.83. The Kier molecular flexibility index (Phi) is 10.6. The molecule has 0 aromatic carbocycles. The molecule has 3 heterocycles. The Morgan fingerprint density at radius 2 is 1.00 bits per heavy atom. The number of aryl methyl sites for hydroxylation is 3. The Bertz CT molecular complexity index is 741. The molecule has 28 heavy (non-hydrogen) atoms. The Morgan fingerprint density at radius 1 is 0.750 bits per heavy atom. The summed E-state index contributed by atoms with van der Waals surface area (Å²) in [6, 6.07) is 0. The van der Waals surface area contributed by atoms with Crippen molar-refractivity contribution >= 4 is 43.6 Å². The molecular weight excluding hydrogens is 482 g/mol. The quantitative estimate of drug-likeness (QED) is 0.289. The third kappa shape index (κ3) is 8.87. The van der Waals surface area contributed by atoms with Crippen LogP contribution < -0.4 is 4.80 Å². The summed E-state index contributed by atoms with van der Waals surface area (Å²) < 4.78 is 7.12. The minimum atomic E-state index is -1.86. The topological polar surface area (TPSA) is 76.5 Å². The number of thioether (sulfide) groups is 3. The summed E-state index contributed by atoms with van der Waals surface area (Å²) in [6.45, 7) is 5.31. The Hall–Kier alpha value is -0.520. The van der Waals surface area contributed by atoms with Crippen LogP contribution in [0.15, 0.2) is 52.7 Å². The zero-order valence-electron chi connectivity index (χ0n) is 17.0. The molecule has 0 aliphatic rings. The molecule has 0 aliphatic carbocycles. The number of rotatable bonds is 6. The second kappa shape index (κ2) is 11.6. The first kappa shape index (κ1) is 25.5. The molecule has 0 radical (unpaired) electrons. The monoisotopic (exact) mass is 504 g/mol. The molecule has 0 atom stereocenters. The van der Waals surface area contributed by atoms with Crippen molar-refractivity contribution in [3.63, 3.8) is 0 Å². The van der Waals surface area contributed by atoms with Crippen molar-refractivity contribution < 1.29 is 24.3 Å². The van der Waals surface area contributed by atoms with Crippen LogP contribution in [0, 0.1) is 3.91 Å². The fourth-order valence-corrected chi connectivity index (χ4v) is 4.88. The first-order valence-corrected chi connectivity index (χ1v) is 14.0. The van der Waals surface area contributed by atoms with Gasteiger partial charge >= 0.3 is 19.5 Å². The molecule has 0 spiro atoms. The van der Waals surface area contributed by atoms with Crippen LogP contribution in [-0.4, -0.2) is 37.0 Å². The van der Waals surface area contributed by atoms with Crippen LogP contribution >= 0.6 is 35.3 Å². The van der Waals surface area contributed by atoms with E-state index in [0.29, 0.717) is 0 Å². The van der Waals surface area contributed by atoms with Gasteiger partial charge in [-0.2, -0.15) is 0 Å². The number of nitrogens with zero attached hydrogens (tertiary/aromatic N) is 6. The van der Waals surface area contributed by atoms with E-state index in [0.717, 1.165) is 19.4 Å². The van der Waals surface area contributed by atoms with Gasteiger partial charge in [0.1, 0.15) is 15.5 Å². The Morgan fingerprint density at radius 3 is 1.18 bits per heavy atom. The standard InChI is InChI=1S/C13H15N6S3.C3H9OSi.Zn/c1-17-7-4-14-10(17)20-13(21-11-15-5-8-18(11)2)22-12-16-6-9-19(12)3;1-5(2,3)4;/h4-9H,1-3H3;1-3H3;/q2*-1;+2. The SMILES string of the molecule is C[Si](C)(C)[O-].Cn1ccnc1S[C-](Sc1nccn1C)Sc1nccn1C.[Zn+2]. The molecule has 3 aromatic rings. The molecule has 12 heteroatoms. The van der Waals surface area contributed by atoms with Crippen molar-refractivity contribution in [2.24, 2.45) is 21.1 Å². The van der Waals surface area contributed by atoms with Gasteiger partial charge in [0.2, 0.25) is 0 Å². The number of hydrogen-bond donors (Lipinski definition) is 0. The van der Waals surface area contributed by atoms with Gasteiger partial charge in [0.15, 0.2) is 0 Å². The van der Waals surface area contributed by atoms with E-state index >= 15 is 0 Å². The fourth-order valence-electron chi connectivity index (χ4n) is 1.64. The zero-order chi connectivity index (χ0) is 20.0. The molecule has 0 unspecified atom stereocenters. The Balaban J connectivity index is 0.000000584. The first-order chi connectivity index (χ1) is 12.6. The predicted octanol–water partition coefficient (Wildman–Crippen LogP) is 3.19. The third-order valence-corrected chi connectivity index (χ3v) is 6.58. The molecule has 0 bridgehead atoms. The van der Waals surface area contributed by atoms with Gasteiger partial charge in [0.05, 0.1) is 0 Å². The molecule has 0 aliphatic heterocycles. The van der Waals surface area contributed by atoms with Crippen molar-refractivity contribution in [1.29, 1.82) is 0 Å². The molecular formula is C16H24N6OS3SiZn. The van der Waals surface area contributed by atoms with Gasteiger partial charge < -0.3 is 18.5 Å². The van der Waals surface area contributed by atoms with E-state index in [1.54, 1.807) is 73.5 Å². The molecule has 0 saturated heterocycles. The van der Waals surface area contributed by atoms with Gasteiger partial charge in [-0.25, -0.2) is 15.0 Å². The summed E-state index contributed by atoms with van der Waals surface area (Å²) >= 11 is 4.87. The predicted molar refractivity (Wildman–Crippen MR) is 114 cm³/mol. The average Bonchev–Trinajstić information content (AvgIpc) is 3.24. The maximum atomic E-state index is 10.2. The zero-order valence-corrected chi connectivity index (χ0v) is 23.4. The van der Waals surface area contributed by atoms with E-state index in [-0.39, 0.29) is 19.5 Å². The van der Waals surface area contributed by atoms with E-state index < -0.39 is 8.32 Å². The first-order valence-electron chi connectivity index (χ1n) is 8.16. The van der Waals surface area contributed by atoms with Crippen molar-refractivity contribution in [3.05, 3.63) is 41.1 Å². The van der Waals surface area contributed by atoms with E-state index in [1.807, 2.05) is 53.4 Å². The summed E-state index contributed by atoms with van der Waals surface area (Å²) in [4.78, 5) is 23.4. The molecule has 0 fully saturated rings. The largest absolute Gasteiger partial charge is 2.00 e. The summed E-state index contributed by atoms with van der Waals surface area (Å²) in [6.07, 6.45) is 11.2. The molecule has 148 valence electrons. The number of aromatic nitrogens is 6. The minimum Gasteiger partial charge on any atom is -0.859 e.